The summed E-state index contributed by atoms with van der Waals surface area (Å²) in [4.78, 5) is 16.5. The SMILES string of the molecule is COc1cc(OC)cc(-c2cc(CCCCCO)c(/C=C3/SC(=S)N(C4C5CC6CC(C5)CC4C6)C3=O)o2)c1. The molecular weight excluding hydrogens is 530 g/mol. The number of thiocarbonyl (C=S) groups is 1. The minimum absolute atomic E-state index is 0.0368. The molecule has 0 atom stereocenters. The molecule has 2 aromatic rings. The summed E-state index contributed by atoms with van der Waals surface area (Å²) >= 11 is 7.24. The summed E-state index contributed by atoms with van der Waals surface area (Å²) in [6, 6.07) is 7.99. The third kappa shape index (κ3) is 5.27. The van der Waals surface area contributed by atoms with E-state index in [0.717, 1.165) is 48.6 Å². The number of amides is 1. The normalized spacial score (nSPS) is 28.6. The molecule has 7 rings (SSSR count). The van der Waals surface area contributed by atoms with Gasteiger partial charge in [0.05, 0.1) is 19.1 Å². The standard InChI is InChI=1S/C31H37NO5S2/c1-35-24-13-21(14-25(16-24)36-2)26-15-20(6-4-3-5-7-33)27(37-26)17-28-30(34)32(31(38)39-28)29-22-9-18-8-19(11-22)12-23(29)10-18/h13-19,22-23,29,33H,3-12H2,1-2H3/b28-17+. The van der Waals surface area contributed by atoms with Gasteiger partial charge in [-0.1, -0.05) is 30.4 Å². The molecule has 0 radical (unpaired) electrons. The summed E-state index contributed by atoms with van der Waals surface area (Å²) in [5.41, 5.74) is 1.90. The quantitative estimate of drug-likeness (QED) is 0.195. The summed E-state index contributed by atoms with van der Waals surface area (Å²) in [5.74, 6) is 5.67. The molecule has 8 heteroatoms. The Bertz CT molecular complexity index is 1230. The number of nitrogens with zero attached hydrogens (tertiary/aromatic N) is 1. The molecule has 6 nitrogen and oxygen atoms in total. The minimum Gasteiger partial charge on any atom is -0.497 e. The number of ether oxygens (including phenoxy) is 2. The van der Waals surface area contributed by atoms with Crippen molar-refractivity contribution in [3.63, 3.8) is 0 Å². The first-order valence-corrected chi connectivity index (χ1v) is 15.4. The molecular formula is C31H37NO5S2. The maximum absolute atomic E-state index is 13.8. The zero-order valence-electron chi connectivity index (χ0n) is 22.7. The Labute approximate surface area is 240 Å². The van der Waals surface area contributed by atoms with Gasteiger partial charge in [-0.3, -0.25) is 9.69 Å². The van der Waals surface area contributed by atoms with Gasteiger partial charge in [-0.2, -0.15) is 0 Å². The van der Waals surface area contributed by atoms with Crippen LogP contribution in [0.25, 0.3) is 17.4 Å². The Morgan fingerprint density at radius 1 is 1.00 bits per heavy atom. The molecule has 1 saturated heterocycles. The van der Waals surface area contributed by atoms with Crippen molar-refractivity contribution >= 4 is 40.3 Å². The summed E-state index contributed by atoms with van der Waals surface area (Å²) in [6.07, 6.45) is 11.7. The van der Waals surface area contributed by atoms with Crippen molar-refractivity contribution in [2.45, 2.75) is 63.8 Å². The highest BCUT2D eigenvalue weighted by atomic mass is 32.2. The van der Waals surface area contributed by atoms with Gasteiger partial charge < -0.3 is 19.0 Å². The van der Waals surface area contributed by atoms with Crippen LogP contribution in [0.5, 0.6) is 11.5 Å². The average Bonchev–Trinajstić information content (AvgIpc) is 3.45. The second kappa shape index (κ2) is 11.3. The molecule has 1 amide bonds. The Kier molecular flexibility index (Phi) is 7.79. The van der Waals surface area contributed by atoms with Crippen LogP contribution in [0.1, 0.15) is 62.7 Å². The summed E-state index contributed by atoms with van der Waals surface area (Å²) in [5, 5.41) is 9.21. The van der Waals surface area contributed by atoms with Crippen LogP contribution in [0.2, 0.25) is 0 Å². The number of rotatable bonds is 10. The van der Waals surface area contributed by atoms with Gasteiger partial charge in [-0.15, -0.1) is 0 Å². The lowest BCUT2D eigenvalue weighted by molar-refractivity contribution is -0.130. The third-order valence-electron chi connectivity index (χ3n) is 9.14. The van der Waals surface area contributed by atoms with E-state index in [4.69, 9.17) is 26.1 Å². The number of aryl methyl sites for hydroxylation is 1. The zero-order chi connectivity index (χ0) is 27.1. The monoisotopic (exact) mass is 567 g/mol. The second-order valence-electron chi connectivity index (χ2n) is 11.6. The predicted molar refractivity (Wildman–Crippen MR) is 158 cm³/mol. The number of hydrogen-bond acceptors (Lipinski definition) is 7. The number of thioether (sulfide) groups is 1. The molecule has 0 spiro atoms. The third-order valence-corrected chi connectivity index (χ3v) is 10.5. The van der Waals surface area contributed by atoms with Crippen LogP contribution in [-0.2, 0) is 11.2 Å². The lowest BCUT2D eigenvalue weighted by Crippen LogP contribution is -2.57. The molecule has 4 saturated carbocycles. The van der Waals surface area contributed by atoms with Crippen LogP contribution in [0.15, 0.2) is 33.6 Å². The van der Waals surface area contributed by atoms with E-state index >= 15 is 0 Å². The predicted octanol–water partition coefficient (Wildman–Crippen LogP) is 6.69. The van der Waals surface area contributed by atoms with Gasteiger partial charge in [0.1, 0.15) is 27.3 Å². The fourth-order valence-electron chi connectivity index (χ4n) is 7.63. The molecule has 1 aromatic carbocycles. The van der Waals surface area contributed by atoms with Crippen molar-refractivity contribution in [3.8, 4) is 22.8 Å². The molecule has 1 aliphatic heterocycles. The van der Waals surface area contributed by atoms with E-state index in [0.29, 0.717) is 44.1 Å². The number of methoxy groups -OCH3 is 2. The Hall–Kier alpha value is -2.29. The molecule has 4 aliphatic carbocycles. The Balaban J connectivity index is 1.30. The lowest BCUT2D eigenvalue weighted by atomic mass is 9.54. The molecule has 0 unspecified atom stereocenters. The number of furan rings is 1. The first kappa shape index (κ1) is 26.9. The maximum Gasteiger partial charge on any atom is 0.266 e. The number of benzene rings is 1. The van der Waals surface area contributed by atoms with E-state index in [1.807, 2.05) is 29.2 Å². The smallest absolute Gasteiger partial charge is 0.266 e. The second-order valence-corrected chi connectivity index (χ2v) is 13.3. The van der Waals surface area contributed by atoms with E-state index in [9.17, 15) is 9.90 Å². The molecule has 1 aromatic heterocycles. The fraction of sp³-hybridized carbons (Fsp3) is 0.548. The van der Waals surface area contributed by atoms with E-state index < -0.39 is 0 Å². The molecule has 208 valence electrons. The first-order valence-electron chi connectivity index (χ1n) is 14.2. The Morgan fingerprint density at radius 2 is 1.67 bits per heavy atom. The van der Waals surface area contributed by atoms with Crippen LogP contribution >= 0.6 is 24.0 Å². The summed E-state index contributed by atoms with van der Waals surface area (Å²) in [6.45, 7) is 0.195. The van der Waals surface area contributed by atoms with Crippen molar-refractivity contribution < 1.29 is 23.8 Å². The van der Waals surface area contributed by atoms with Gasteiger partial charge in [0, 0.05) is 30.4 Å². The van der Waals surface area contributed by atoms with Gasteiger partial charge in [0.25, 0.3) is 5.91 Å². The van der Waals surface area contributed by atoms with Gasteiger partial charge >= 0.3 is 0 Å². The van der Waals surface area contributed by atoms with Gasteiger partial charge in [0.2, 0.25) is 0 Å². The van der Waals surface area contributed by atoms with Gasteiger partial charge in [-0.05, 0) is 98.8 Å². The van der Waals surface area contributed by atoms with Crippen molar-refractivity contribution in [3.05, 3.63) is 40.5 Å². The number of carbonyl (C=O) groups is 1. The summed E-state index contributed by atoms with van der Waals surface area (Å²) < 4.78 is 18.0. The number of aliphatic hydroxyl groups is 1. The maximum atomic E-state index is 13.8. The zero-order valence-corrected chi connectivity index (χ0v) is 24.3. The van der Waals surface area contributed by atoms with Crippen LogP contribution in [0.3, 0.4) is 0 Å². The fourth-order valence-corrected chi connectivity index (χ4v) is 8.95. The topological polar surface area (TPSA) is 72.1 Å². The van der Waals surface area contributed by atoms with Crippen LogP contribution in [-0.4, -0.2) is 47.1 Å². The van der Waals surface area contributed by atoms with E-state index in [-0.39, 0.29) is 18.6 Å². The molecule has 5 fully saturated rings. The lowest BCUT2D eigenvalue weighted by Gasteiger charge is -2.56. The highest BCUT2D eigenvalue weighted by molar-refractivity contribution is 8.26. The largest absolute Gasteiger partial charge is 0.497 e. The van der Waals surface area contributed by atoms with Crippen molar-refractivity contribution in [2.75, 3.05) is 20.8 Å². The molecule has 5 aliphatic rings. The van der Waals surface area contributed by atoms with Crippen molar-refractivity contribution in [1.29, 1.82) is 0 Å². The molecule has 4 bridgehead atoms. The van der Waals surface area contributed by atoms with Crippen LogP contribution in [0, 0.1) is 23.7 Å². The minimum atomic E-state index is 0.0368. The molecule has 39 heavy (non-hydrogen) atoms. The first-order chi connectivity index (χ1) is 19.0. The summed E-state index contributed by atoms with van der Waals surface area (Å²) in [7, 11) is 3.26. The highest BCUT2D eigenvalue weighted by Gasteiger charge is 2.53. The number of aliphatic hydroxyl groups excluding tert-OH is 1. The van der Waals surface area contributed by atoms with Gasteiger partial charge in [-0.25, -0.2) is 0 Å². The number of unbranched alkanes of at least 4 members (excludes halogenated alkanes) is 2. The van der Waals surface area contributed by atoms with Gasteiger partial charge in [0.15, 0.2) is 0 Å². The van der Waals surface area contributed by atoms with Crippen molar-refractivity contribution in [2.24, 2.45) is 23.7 Å². The number of carbonyl (C=O) groups excluding carboxylic acids is 1. The van der Waals surface area contributed by atoms with Crippen molar-refractivity contribution in [1.82, 2.24) is 4.90 Å². The van der Waals surface area contributed by atoms with E-state index in [1.54, 1.807) is 14.2 Å². The average molecular weight is 568 g/mol. The van der Waals surface area contributed by atoms with E-state index in [1.165, 1.54) is 43.9 Å². The number of hydrogen-bond donors (Lipinski definition) is 1. The molecule has 1 N–H and O–H groups in total. The Morgan fingerprint density at radius 3 is 2.28 bits per heavy atom. The van der Waals surface area contributed by atoms with Crippen LogP contribution in [0.4, 0.5) is 0 Å². The molecule has 2 heterocycles. The van der Waals surface area contributed by atoms with Crippen LogP contribution < -0.4 is 9.47 Å². The highest BCUT2D eigenvalue weighted by Crippen LogP contribution is 2.56. The van der Waals surface area contributed by atoms with E-state index in [2.05, 4.69) is 6.07 Å².